The van der Waals surface area contributed by atoms with Crippen molar-refractivity contribution in [1.82, 2.24) is 9.99 Å². The second-order valence-electron chi connectivity index (χ2n) is 4.53. The summed E-state index contributed by atoms with van der Waals surface area (Å²) in [5.74, 6) is 0.627. The first kappa shape index (κ1) is 15.4. The number of ether oxygens (including phenoxy) is 1. The van der Waals surface area contributed by atoms with Crippen LogP contribution in [0.25, 0.3) is 10.9 Å². The van der Waals surface area contributed by atoms with E-state index in [1.54, 1.807) is 7.11 Å². The number of aromatic nitrogens is 1. The van der Waals surface area contributed by atoms with Gasteiger partial charge in [0.25, 0.3) is 0 Å². The Bertz CT molecular complexity index is 753. The summed E-state index contributed by atoms with van der Waals surface area (Å²) in [6.07, 6.45) is 1.54. The molecule has 0 aliphatic carbocycles. The maximum Gasteiger partial charge on any atom is 0.184 e. The fourth-order valence-corrected chi connectivity index (χ4v) is 2.58. The van der Waals surface area contributed by atoms with Crippen molar-refractivity contribution < 1.29 is 4.74 Å². The monoisotopic (exact) mass is 325 g/mol. The molecule has 1 aromatic heterocycles. The third-order valence-corrected chi connectivity index (χ3v) is 3.75. The van der Waals surface area contributed by atoms with Crippen molar-refractivity contribution in [2.24, 2.45) is 17.9 Å². The molecule has 0 radical (unpaired) electrons. The third-order valence-electron chi connectivity index (χ3n) is 3.20. The van der Waals surface area contributed by atoms with Crippen LogP contribution >= 0.6 is 23.8 Å². The lowest BCUT2D eigenvalue weighted by Crippen LogP contribution is -2.24. The average molecular weight is 326 g/mol. The van der Waals surface area contributed by atoms with Crippen LogP contribution in [0.5, 0.6) is 5.75 Å². The molecule has 8 heteroatoms. The Labute approximate surface area is 132 Å². The van der Waals surface area contributed by atoms with Crippen LogP contribution in [0.1, 0.15) is 11.1 Å². The SMILES string of the molecule is COc1c(C)cc2c(c1N)c(C=NNC(N)=S)c(Cl)n2C. The molecule has 1 heterocycles. The molecule has 0 saturated heterocycles. The lowest BCUT2D eigenvalue weighted by Gasteiger charge is -2.10. The van der Waals surface area contributed by atoms with Crippen LogP contribution in [0.3, 0.4) is 0 Å². The summed E-state index contributed by atoms with van der Waals surface area (Å²) in [7, 11) is 3.44. The van der Waals surface area contributed by atoms with Crippen LogP contribution in [-0.2, 0) is 7.05 Å². The third kappa shape index (κ3) is 2.62. The van der Waals surface area contributed by atoms with Gasteiger partial charge in [0.15, 0.2) is 5.11 Å². The van der Waals surface area contributed by atoms with E-state index in [2.05, 4.69) is 10.5 Å². The van der Waals surface area contributed by atoms with E-state index < -0.39 is 0 Å². The minimum absolute atomic E-state index is 0.0732. The number of nitrogen functional groups attached to an aromatic ring is 1. The smallest absolute Gasteiger partial charge is 0.184 e. The van der Waals surface area contributed by atoms with Gasteiger partial charge in [-0.15, -0.1) is 0 Å². The minimum Gasteiger partial charge on any atom is -0.494 e. The summed E-state index contributed by atoms with van der Waals surface area (Å²) in [6, 6.07) is 1.97. The fourth-order valence-electron chi connectivity index (χ4n) is 2.29. The largest absolute Gasteiger partial charge is 0.494 e. The Morgan fingerprint density at radius 3 is 2.81 bits per heavy atom. The summed E-state index contributed by atoms with van der Waals surface area (Å²) < 4.78 is 7.19. The number of hydrazone groups is 1. The summed E-state index contributed by atoms with van der Waals surface area (Å²) in [5, 5.41) is 5.31. The van der Waals surface area contributed by atoms with Gasteiger partial charge in [-0.2, -0.15) is 5.10 Å². The van der Waals surface area contributed by atoms with E-state index in [0.29, 0.717) is 22.2 Å². The number of aryl methyl sites for hydroxylation is 2. The summed E-state index contributed by atoms with van der Waals surface area (Å²) in [6.45, 7) is 1.93. The standard InChI is InChI=1S/C13H16ClN5OS/c1-6-4-8-9(10(15)11(6)20-3)7(12(14)19(8)2)5-17-18-13(16)21/h4-5H,15H2,1-3H3,(H3,16,18,21). The normalized spacial score (nSPS) is 11.2. The van der Waals surface area contributed by atoms with E-state index in [1.165, 1.54) is 6.21 Å². The van der Waals surface area contributed by atoms with Gasteiger partial charge in [-0.05, 0) is 30.8 Å². The lowest BCUT2D eigenvalue weighted by atomic mass is 10.1. The molecule has 112 valence electrons. The van der Waals surface area contributed by atoms with Crippen LogP contribution in [0, 0.1) is 6.92 Å². The molecule has 0 amide bonds. The number of thiocarbonyl (C=S) groups is 1. The number of nitrogens with zero attached hydrogens (tertiary/aromatic N) is 2. The second-order valence-corrected chi connectivity index (χ2v) is 5.33. The average Bonchev–Trinajstić information content (AvgIpc) is 2.64. The Morgan fingerprint density at radius 1 is 1.57 bits per heavy atom. The Hall–Kier alpha value is -1.99. The molecular formula is C13H16ClN5OS. The molecule has 0 fully saturated rings. The lowest BCUT2D eigenvalue weighted by molar-refractivity contribution is 0.414. The molecule has 5 N–H and O–H groups in total. The molecule has 6 nitrogen and oxygen atoms in total. The van der Waals surface area contributed by atoms with Gasteiger partial charge >= 0.3 is 0 Å². The maximum absolute atomic E-state index is 6.36. The zero-order valence-corrected chi connectivity index (χ0v) is 13.5. The van der Waals surface area contributed by atoms with E-state index in [9.17, 15) is 0 Å². The Balaban J connectivity index is 2.73. The van der Waals surface area contributed by atoms with Gasteiger partial charge in [0.2, 0.25) is 0 Å². The highest BCUT2D eigenvalue weighted by Crippen LogP contribution is 2.39. The zero-order chi connectivity index (χ0) is 15.7. The number of fused-ring (bicyclic) bond motifs is 1. The fraction of sp³-hybridized carbons (Fsp3) is 0.231. The first-order chi connectivity index (χ1) is 9.88. The number of benzene rings is 1. The van der Waals surface area contributed by atoms with E-state index in [1.807, 2.05) is 24.6 Å². The molecule has 2 rings (SSSR count). The quantitative estimate of drug-likeness (QED) is 0.347. The van der Waals surface area contributed by atoms with Crippen LogP contribution in [-0.4, -0.2) is 23.0 Å². The molecule has 0 bridgehead atoms. The van der Waals surface area contributed by atoms with Gasteiger partial charge < -0.3 is 20.8 Å². The van der Waals surface area contributed by atoms with Crippen molar-refractivity contribution in [1.29, 1.82) is 0 Å². The predicted molar refractivity (Wildman–Crippen MR) is 91.1 cm³/mol. The van der Waals surface area contributed by atoms with Crippen molar-refractivity contribution >= 4 is 51.7 Å². The molecule has 2 aromatic rings. The van der Waals surface area contributed by atoms with Crippen LogP contribution in [0.15, 0.2) is 11.2 Å². The molecular weight excluding hydrogens is 310 g/mol. The number of methoxy groups -OCH3 is 1. The number of nitrogens with two attached hydrogens (primary N) is 2. The number of rotatable bonds is 3. The van der Waals surface area contributed by atoms with Crippen molar-refractivity contribution in [3.63, 3.8) is 0 Å². The van der Waals surface area contributed by atoms with Crippen molar-refractivity contribution in [3.8, 4) is 5.75 Å². The van der Waals surface area contributed by atoms with Crippen molar-refractivity contribution in [2.75, 3.05) is 12.8 Å². The van der Waals surface area contributed by atoms with E-state index in [0.717, 1.165) is 16.5 Å². The number of anilines is 1. The molecule has 0 aliphatic rings. The highest BCUT2D eigenvalue weighted by Gasteiger charge is 2.19. The number of halogens is 1. The zero-order valence-electron chi connectivity index (χ0n) is 11.9. The van der Waals surface area contributed by atoms with Gasteiger partial charge in [0.05, 0.1) is 24.5 Å². The summed E-state index contributed by atoms with van der Waals surface area (Å²) in [4.78, 5) is 0. The Kier molecular flexibility index (Phi) is 4.24. The molecule has 0 spiro atoms. The highest BCUT2D eigenvalue weighted by molar-refractivity contribution is 7.80. The van der Waals surface area contributed by atoms with Gasteiger partial charge in [0.1, 0.15) is 10.9 Å². The Morgan fingerprint density at radius 2 is 2.24 bits per heavy atom. The van der Waals surface area contributed by atoms with Gasteiger partial charge in [-0.25, -0.2) is 0 Å². The van der Waals surface area contributed by atoms with E-state index >= 15 is 0 Å². The highest BCUT2D eigenvalue weighted by atomic mass is 35.5. The predicted octanol–water partition coefficient (Wildman–Crippen LogP) is 1.90. The number of hydrogen-bond acceptors (Lipinski definition) is 4. The van der Waals surface area contributed by atoms with Crippen molar-refractivity contribution in [3.05, 3.63) is 22.3 Å². The molecule has 0 unspecified atom stereocenters. The molecule has 0 aliphatic heterocycles. The van der Waals surface area contributed by atoms with Crippen LogP contribution in [0.2, 0.25) is 5.15 Å². The molecule has 1 aromatic carbocycles. The van der Waals surface area contributed by atoms with Crippen LogP contribution < -0.4 is 21.6 Å². The topological polar surface area (TPSA) is 90.6 Å². The summed E-state index contributed by atoms with van der Waals surface area (Å²) in [5.41, 5.74) is 17.1. The minimum atomic E-state index is 0.0732. The number of nitrogens with one attached hydrogen (secondary N) is 1. The maximum atomic E-state index is 6.36. The second kappa shape index (κ2) is 5.79. The van der Waals surface area contributed by atoms with E-state index in [-0.39, 0.29) is 5.11 Å². The summed E-state index contributed by atoms with van der Waals surface area (Å²) >= 11 is 11.1. The van der Waals surface area contributed by atoms with E-state index in [4.69, 9.17) is 40.0 Å². The van der Waals surface area contributed by atoms with Crippen LogP contribution in [0.4, 0.5) is 5.69 Å². The molecule has 21 heavy (non-hydrogen) atoms. The number of hydrogen-bond donors (Lipinski definition) is 3. The van der Waals surface area contributed by atoms with Gasteiger partial charge in [-0.3, -0.25) is 5.43 Å². The molecule has 0 atom stereocenters. The van der Waals surface area contributed by atoms with Crippen molar-refractivity contribution in [2.45, 2.75) is 6.92 Å². The first-order valence-corrected chi connectivity index (χ1v) is 6.86. The first-order valence-electron chi connectivity index (χ1n) is 6.08. The van der Waals surface area contributed by atoms with Gasteiger partial charge in [0, 0.05) is 18.0 Å². The van der Waals surface area contributed by atoms with Gasteiger partial charge in [-0.1, -0.05) is 11.6 Å². The molecule has 0 saturated carbocycles.